The number of nitrogen functional groups attached to an aromatic ring is 1. The molecular formula is C37H32F3N13O6. The van der Waals surface area contributed by atoms with E-state index in [0.29, 0.717) is 46.9 Å². The molecule has 22 heteroatoms. The van der Waals surface area contributed by atoms with Gasteiger partial charge in [-0.05, 0) is 56.6 Å². The van der Waals surface area contributed by atoms with Gasteiger partial charge in [0.1, 0.15) is 35.5 Å². The minimum absolute atomic E-state index is 0.158. The number of nitrogens with one attached hydrogen (secondary N) is 3. The summed E-state index contributed by atoms with van der Waals surface area (Å²) in [6.45, 7) is 0.731. The van der Waals surface area contributed by atoms with E-state index in [1.54, 1.807) is 62.6 Å². The molecule has 0 aliphatic rings. The second-order valence-electron chi connectivity index (χ2n) is 12.2. The van der Waals surface area contributed by atoms with E-state index in [2.05, 4.69) is 56.3 Å². The van der Waals surface area contributed by atoms with E-state index in [9.17, 15) is 22.8 Å². The Hall–Kier alpha value is -8.01. The van der Waals surface area contributed by atoms with Gasteiger partial charge in [-0.2, -0.15) is 13.2 Å². The molecule has 7 rings (SSSR count). The smallest absolute Gasteiger partial charge is 0.416 e. The van der Waals surface area contributed by atoms with Crippen molar-refractivity contribution in [1.82, 2.24) is 50.5 Å². The van der Waals surface area contributed by atoms with E-state index in [1.165, 1.54) is 31.2 Å². The highest BCUT2D eigenvalue weighted by Crippen LogP contribution is 2.32. The number of carbonyl (C=O) groups excluding carboxylic acids is 2. The fourth-order valence-electron chi connectivity index (χ4n) is 4.83. The minimum atomic E-state index is -4.73. The molecule has 0 aliphatic carbocycles. The van der Waals surface area contributed by atoms with Crippen molar-refractivity contribution in [3.8, 4) is 46.4 Å². The van der Waals surface area contributed by atoms with E-state index in [0.717, 1.165) is 24.6 Å². The maximum absolute atomic E-state index is 13.5. The molecule has 0 fully saturated rings. The van der Waals surface area contributed by atoms with Crippen LogP contribution in [0.15, 0.2) is 113 Å². The number of carbonyl (C=O) groups is 2. The zero-order valence-corrected chi connectivity index (χ0v) is 30.9. The minimum Gasteiger partial charge on any atom is -0.439 e. The summed E-state index contributed by atoms with van der Waals surface area (Å²) in [4.78, 5) is 43.0. The first kappa shape index (κ1) is 40.6. The van der Waals surface area contributed by atoms with Crippen LogP contribution >= 0.6 is 0 Å². The number of hydrogen-bond donors (Lipinski definition) is 4. The van der Waals surface area contributed by atoms with Gasteiger partial charge in [0, 0.05) is 60.0 Å². The van der Waals surface area contributed by atoms with E-state index in [-0.39, 0.29) is 35.3 Å². The van der Waals surface area contributed by atoms with Gasteiger partial charge in [-0.25, -0.2) is 24.7 Å². The maximum atomic E-state index is 13.5. The van der Waals surface area contributed by atoms with Crippen molar-refractivity contribution < 1.29 is 41.1 Å². The first-order valence-electron chi connectivity index (χ1n) is 17.1. The van der Waals surface area contributed by atoms with E-state index in [1.807, 2.05) is 4.90 Å². The predicted molar refractivity (Wildman–Crippen MR) is 203 cm³/mol. The average Bonchev–Trinajstić information content (AvgIpc) is 3.94. The summed E-state index contributed by atoms with van der Waals surface area (Å²) in [5.41, 5.74) is 5.85. The fraction of sp³-hybridized carbons (Fsp3) is 0.135. The summed E-state index contributed by atoms with van der Waals surface area (Å²) in [6.07, 6.45) is 0.260. The standard InChI is InChI=1S/C25H23F3N8O4.C12H9N5O2/c1-36(2)7-6-29-22(37)15-8-16(25(26,27)28)10-18(9-15)34-24(38)33-17-4-3-5-19(11-17)40-21-12-20(30-13-31-21)23-35-32-14-39-23;13-8-2-1-3-9(4-8)19-11-5-10(14-6-15-11)12-17-16-7-18-12/h3-5,8-14H,6-7H2,1-2H3,(H,29,37)(H2,33,34,38);1-7H,13H2. The van der Waals surface area contributed by atoms with Crippen molar-refractivity contribution in [2.45, 2.75) is 6.18 Å². The Labute approximate surface area is 331 Å². The summed E-state index contributed by atoms with van der Waals surface area (Å²) >= 11 is 0. The van der Waals surface area contributed by atoms with Gasteiger partial charge in [-0.1, -0.05) is 12.1 Å². The molecule has 4 heterocycles. The van der Waals surface area contributed by atoms with Gasteiger partial charge in [0.05, 0.1) is 5.56 Å². The number of nitrogens with two attached hydrogens (primary N) is 1. The van der Waals surface area contributed by atoms with Gasteiger partial charge in [0.2, 0.25) is 24.5 Å². The Morgan fingerprint density at radius 1 is 0.746 bits per heavy atom. The monoisotopic (exact) mass is 811 g/mol. The van der Waals surface area contributed by atoms with Crippen LogP contribution in [0.3, 0.4) is 0 Å². The number of nitrogens with zero attached hydrogens (tertiary/aromatic N) is 9. The van der Waals surface area contributed by atoms with Crippen molar-refractivity contribution in [2.24, 2.45) is 0 Å². The Bertz CT molecular complexity index is 2490. The van der Waals surface area contributed by atoms with E-state index in [4.69, 9.17) is 24.0 Å². The Morgan fingerprint density at radius 2 is 1.34 bits per heavy atom. The molecule has 0 saturated carbocycles. The summed E-state index contributed by atoms with van der Waals surface area (Å²) in [6, 6.07) is 18.1. The SMILES string of the molecule is CN(C)CCNC(=O)c1cc(NC(=O)Nc2cccc(Oc3cc(-c4nnco4)ncn3)c2)cc(C(F)(F)F)c1.Nc1cccc(Oc2cc(-c3nnco3)ncn2)c1. The molecule has 3 amide bonds. The third-order valence-electron chi connectivity index (χ3n) is 7.46. The van der Waals surface area contributed by atoms with Gasteiger partial charge in [-0.3, -0.25) is 4.79 Å². The zero-order chi connectivity index (χ0) is 41.8. The van der Waals surface area contributed by atoms with Crippen molar-refractivity contribution in [2.75, 3.05) is 43.6 Å². The number of halogens is 3. The van der Waals surface area contributed by atoms with Crippen LogP contribution in [0.5, 0.6) is 23.3 Å². The van der Waals surface area contributed by atoms with Gasteiger partial charge < -0.3 is 44.9 Å². The molecule has 59 heavy (non-hydrogen) atoms. The second kappa shape index (κ2) is 18.8. The van der Waals surface area contributed by atoms with Gasteiger partial charge >= 0.3 is 12.2 Å². The topological polar surface area (TPSA) is 247 Å². The lowest BCUT2D eigenvalue weighted by Gasteiger charge is -2.15. The number of likely N-dealkylation sites (N-methyl/N-ethyl adjacent to an activating group) is 1. The number of alkyl halides is 3. The number of anilines is 3. The average molecular weight is 812 g/mol. The third-order valence-corrected chi connectivity index (χ3v) is 7.46. The van der Waals surface area contributed by atoms with Crippen LogP contribution in [0.4, 0.5) is 35.0 Å². The van der Waals surface area contributed by atoms with Crippen LogP contribution < -0.4 is 31.2 Å². The second-order valence-corrected chi connectivity index (χ2v) is 12.2. The number of ether oxygens (including phenoxy) is 2. The Kier molecular flexibility index (Phi) is 12.9. The first-order valence-corrected chi connectivity index (χ1v) is 17.1. The van der Waals surface area contributed by atoms with Gasteiger partial charge in [0.25, 0.3) is 17.7 Å². The lowest BCUT2D eigenvalue weighted by Crippen LogP contribution is -2.31. The van der Waals surface area contributed by atoms with Crippen LogP contribution in [0, 0.1) is 0 Å². The van der Waals surface area contributed by atoms with E-state index < -0.39 is 23.7 Å². The Morgan fingerprint density at radius 3 is 1.90 bits per heavy atom. The highest BCUT2D eigenvalue weighted by atomic mass is 19.4. The normalized spacial score (nSPS) is 10.9. The zero-order valence-electron chi connectivity index (χ0n) is 30.9. The summed E-state index contributed by atoms with van der Waals surface area (Å²) in [5.74, 6) is 1.19. The van der Waals surface area contributed by atoms with Crippen LogP contribution in [-0.2, 0) is 6.18 Å². The molecule has 19 nitrogen and oxygen atoms in total. The highest BCUT2D eigenvalue weighted by molar-refractivity contribution is 6.01. The molecule has 0 radical (unpaired) electrons. The number of amides is 3. The summed E-state index contributed by atoms with van der Waals surface area (Å²) < 4.78 is 61.9. The van der Waals surface area contributed by atoms with Crippen LogP contribution in [-0.4, -0.2) is 84.4 Å². The third kappa shape index (κ3) is 12.0. The molecule has 0 spiro atoms. The molecule has 0 saturated heterocycles. The fourth-order valence-corrected chi connectivity index (χ4v) is 4.83. The van der Waals surface area contributed by atoms with E-state index >= 15 is 0 Å². The van der Waals surface area contributed by atoms with Crippen molar-refractivity contribution in [3.05, 3.63) is 115 Å². The van der Waals surface area contributed by atoms with Crippen molar-refractivity contribution >= 4 is 29.0 Å². The van der Waals surface area contributed by atoms with Gasteiger partial charge in [-0.15, -0.1) is 20.4 Å². The maximum Gasteiger partial charge on any atom is 0.416 e. The lowest BCUT2D eigenvalue weighted by atomic mass is 10.1. The predicted octanol–water partition coefficient (Wildman–Crippen LogP) is 6.17. The molecule has 4 aromatic heterocycles. The molecule has 5 N–H and O–H groups in total. The summed E-state index contributed by atoms with van der Waals surface area (Å²) in [7, 11) is 3.59. The quantitative estimate of drug-likeness (QED) is 0.101. The molecule has 0 atom stereocenters. The summed E-state index contributed by atoms with van der Waals surface area (Å²) in [5, 5.41) is 22.1. The molecule has 7 aromatic rings. The van der Waals surface area contributed by atoms with Gasteiger partial charge in [0.15, 0.2) is 0 Å². The van der Waals surface area contributed by atoms with Crippen LogP contribution in [0.2, 0.25) is 0 Å². The Balaban J connectivity index is 0.000000255. The lowest BCUT2D eigenvalue weighted by molar-refractivity contribution is -0.137. The number of benzene rings is 3. The van der Waals surface area contributed by atoms with Crippen molar-refractivity contribution in [3.63, 3.8) is 0 Å². The molecular weight excluding hydrogens is 779 g/mol. The number of rotatable bonds is 12. The number of urea groups is 1. The number of aromatic nitrogens is 8. The first-order chi connectivity index (χ1) is 28.4. The largest absolute Gasteiger partial charge is 0.439 e. The molecule has 3 aromatic carbocycles. The molecule has 302 valence electrons. The molecule has 0 aliphatic heterocycles. The number of hydrogen-bond acceptors (Lipinski definition) is 16. The molecule has 0 bridgehead atoms. The molecule has 0 unspecified atom stereocenters. The van der Waals surface area contributed by atoms with Crippen molar-refractivity contribution in [1.29, 1.82) is 0 Å². The van der Waals surface area contributed by atoms with Crippen LogP contribution in [0.1, 0.15) is 15.9 Å². The van der Waals surface area contributed by atoms with Crippen LogP contribution in [0.25, 0.3) is 23.2 Å². The highest BCUT2D eigenvalue weighted by Gasteiger charge is 2.32.